The summed E-state index contributed by atoms with van der Waals surface area (Å²) in [4.78, 5) is 19.0. The average molecular weight is 356 g/mol. The molecule has 0 atom stereocenters. The van der Waals surface area contributed by atoms with Gasteiger partial charge in [-0.2, -0.15) is 0 Å². The summed E-state index contributed by atoms with van der Waals surface area (Å²) >= 11 is 4.97. The molecule has 0 aromatic heterocycles. The van der Waals surface area contributed by atoms with Crippen LogP contribution in [0.4, 0.5) is 11.4 Å². The second kappa shape index (κ2) is 6.90. The van der Waals surface area contributed by atoms with Gasteiger partial charge in [0.1, 0.15) is 0 Å². The lowest BCUT2D eigenvalue weighted by atomic mass is 10.2. The first-order chi connectivity index (χ1) is 9.61. The van der Waals surface area contributed by atoms with Gasteiger partial charge in [-0.1, -0.05) is 33.8 Å². The SMILES string of the molecule is Cc1cc([N+](=O)[O-])ccc1N=C1SCCN1CC=CBr. The van der Waals surface area contributed by atoms with Gasteiger partial charge >= 0.3 is 0 Å². The molecule has 0 N–H and O–H groups in total. The molecule has 1 aliphatic rings. The van der Waals surface area contributed by atoms with E-state index < -0.39 is 0 Å². The van der Waals surface area contributed by atoms with Crippen LogP contribution < -0.4 is 0 Å². The summed E-state index contributed by atoms with van der Waals surface area (Å²) in [5.41, 5.74) is 1.70. The van der Waals surface area contributed by atoms with Crippen LogP contribution in [-0.2, 0) is 0 Å². The van der Waals surface area contributed by atoms with Crippen LogP contribution in [-0.4, -0.2) is 33.8 Å². The van der Waals surface area contributed by atoms with Crippen LogP contribution in [0.1, 0.15) is 5.56 Å². The van der Waals surface area contributed by atoms with E-state index in [0.717, 1.165) is 35.3 Å². The first-order valence-electron chi connectivity index (χ1n) is 6.08. The Morgan fingerprint density at radius 3 is 3.05 bits per heavy atom. The summed E-state index contributed by atoms with van der Waals surface area (Å²) in [5, 5.41) is 11.7. The lowest BCUT2D eigenvalue weighted by molar-refractivity contribution is -0.384. The Kier molecular flexibility index (Phi) is 5.19. The maximum atomic E-state index is 10.7. The Bertz CT molecular complexity index is 575. The molecule has 5 nitrogen and oxygen atoms in total. The number of hydrogen-bond acceptors (Lipinski definition) is 4. The highest BCUT2D eigenvalue weighted by molar-refractivity contribution is 9.11. The van der Waals surface area contributed by atoms with Crippen molar-refractivity contribution in [1.29, 1.82) is 0 Å². The van der Waals surface area contributed by atoms with Crippen molar-refractivity contribution >= 4 is 44.2 Å². The van der Waals surface area contributed by atoms with Crippen LogP contribution in [0.2, 0.25) is 0 Å². The predicted molar refractivity (Wildman–Crippen MR) is 87.0 cm³/mol. The molecule has 0 amide bonds. The van der Waals surface area contributed by atoms with Crippen LogP contribution in [0.15, 0.2) is 34.3 Å². The molecule has 1 fully saturated rings. The standard InChI is InChI=1S/C13H14BrN3O2S/c1-10-9-11(17(18)19)3-4-12(10)15-13-16(6-2-5-14)7-8-20-13/h2-5,9H,6-8H2,1H3. The highest BCUT2D eigenvalue weighted by Crippen LogP contribution is 2.27. The summed E-state index contributed by atoms with van der Waals surface area (Å²) in [5.74, 6) is 1.01. The number of nitrogens with zero attached hydrogens (tertiary/aromatic N) is 3. The molecular weight excluding hydrogens is 342 g/mol. The van der Waals surface area contributed by atoms with Crippen LogP contribution in [0.25, 0.3) is 0 Å². The zero-order valence-electron chi connectivity index (χ0n) is 11.0. The minimum atomic E-state index is -0.388. The highest BCUT2D eigenvalue weighted by atomic mass is 79.9. The minimum absolute atomic E-state index is 0.101. The van der Waals surface area contributed by atoms with Crippen molar-refractivity contribution in [3.8, 4) is 0 Å². The van der Waals surface area contributed by atoms with E-state index in [2.05, 4.69) is 25.8 Å². The fourth-order valence-electron chi connectivity index (χ4n) is 1.86. The Hall–Kier alpha value is -1.34. The molecule has 1 aromatic carbocycles. The number of non-ortho nitro benzene ring substituents is 1. The molecule has 1 heterocycles. The predicted octanol–water partition coefficient (Wildman–Crippen LogP) is 3.85. The van der Waals surface area contributed by atoms with Crippen LogP contribution in [0.3, 0.4) is 0 Å². The van der Waals surface area contributed by atoms with E-state index in [1.54, 1.807) is 23.9 Å². The molecule has 0 bridgehead atoms. The van der Waals surface area contributed by atoms with E-state index in [1.807, 2.05) is 18.0 Å². The van der Waals surface area contributed by atoms with Crippen molar-refractivity contribution in [3.63, 3.8) is 0 Å². The van der Waals surface area contributed by atoms with Crippen LogP contribution in [0, 0.1) is 17.0 Å². The maximum Gasteiger partial charge on any atom is 0.269 e. The van der Waals surface area contributed by atoms with Gasteiger partial charge in [-0.3, -0.25) is 10.1 Å². The maximum absolute atomic E-state index is 10.7. The number of aliphatic imine (C=N–C) groups is 1. The van der Waals surface area contributed by atoms with Gasteiger partial charge in [0.2, 0.25) is 0 Å². The van der Waals surface area contributed by atoms with E-state index in [9.17, 15) is 10.1 Å². The molecule has 1 aliphatic heterocycles. The number of benzene rings is 1. The van der Waals surface area contributed by atoms with Crippen LogP contribution >= 0.6 is 27.7 Å². The Morgan fingerprint density at radius 1 is 1.60 bits per heavy atom. The van der Waals surface area contributed by atoms with Gasteiger partial charge in [0, 0.05) is 31.0 Å². The number of amidine groups is 1. The van der Waals surface area contributed by atoms with Crippen molar-refractivity contribution in [3.05, 3.63) is 44.9 Å². The van der Waals surface area contributed by atoms with Gasteiger partial charge in [-0.15, -0.1) is 0 Å². The summed E-state index contributed by atoms with van der Waals surface area (Å²) in [7, 11) is 0. The minimum Gasteiger partial charge on any atom is -0.347 e. The third kappa shape index (κ3) is 3.61. The zero-order valence-corrected chi connectivity index (χ0v) is 13.4. The van der Waals surface area contributed by atoms with Gasteiger partial charge in [0.25, 0.3) is 5.69 Å². The Labute approximate surface area is 130 Å². The molecule has 2 rings (SSSR count). The van der Waals surface area contributed by atoms with E-state index in [-0.39, 0.29) is 10.6 Å². The summed E-state index contributed by atoms with van der Waals surface area (Å²) in [6.07, 6.45) is 2.02. The molecule has 0 spiro atoms. The zero-order chi connectivity index (χ0) is 14.5. The molecule has 7 heteroatoms. The fourth-order valence-corrected chi connectivity index (χ4v) is 3.03. The molecule has 0 saturated carbocycles. The number of hydrogen-bond donors (Lipinski definition) is 0. The molecule has 106 valence electrons. The van der Waals surface area contributed by atoms with Crippen molar-refractivity contribution in [1.82, 2.24) is 4.90 Å². The number of rotatable bonds is 4. The molecule has 0 radical (unpaired) electrons. The van der Waals surface area contributed by atoms with Crippen molar-refractivity contribution < 1.29 is 4.92 Å². The smallest absolute Gasteiger partial charge is 0.269 e. The molecular formula is C13H14BrN3O2S. The van der Waals surface area contributed by atoms with E-state index in [4.69, 9.17) is 0 Å². The summed E-state index contributed by atoms with van der Waals surface area (Å²) in [6.45, 7) is 3.62. The molecule has 1 saturated heterocycles. The molecule has 0 unspecified atom stereocenters. The van der Waals surface area contributed by atoms with Gasteiger partial charge in [0.05, 0.1) is 10.6 Å². The second-order valence-electron chi connectivity index (χ2n) is 4.28. The topological polar surface area (TPSA) is 58.7 Å². The van der Waals surface area contributed by atoms with E-state index >= 15 is 0 Å². The van der Waals surface area contributed by atoms with E-state index in [0.29, 0.717) is 0 Å². The quantitative estimate of drug-likeness (QED) is 0.607. The number of nitro groups is 1. The number of aryl methyl sites for hydroxylation is 1. The largest absolute Gasteiger partial charge is 0.347 e. The molecule has 0 aliphatic carbocycles. The third-order valence-electron chi connectivity index (χ3n) is 2.89. The average Bonchev–Trinajstić information content (AvgIpc) is 2.85. The monoisotopic (exact) mass is 355 g/mol. The molecule has 1 aromatic rings. The van der Waals surface area contributed by atoms with Gasteiger partial charge < -0.3 is 4.90 Å². The highest BCUT2D eigenvalue weighted by Gasteiger charge is 2.18. The Balaban J connectivity index is 2.23. The van der Waals surface area contributed by atoms with Gasteiger partial charge in [-0.25, -0.2) is 4.99 Å². The molecule has 20 heavy (non-hydrogen) atoms. The van der Waals surface area contributed by atoms with Crippen molar-refractivity contribution in [2.45, 2.75) is 6.92 Å². The van der Waals surface area contributed by atoms with Gasteiger partial charge in [0.15, 0.2) is 5.17 Å². The number of nitro benzene ring substituents is 1. The first-order valence-corrected chi connectivity index (χ1v) is 7.98. The number of thioether (sulfide) groups is 1. The summed E-state index contributed by atoms with van der Waals surface area (Å²) in [6, 6.07) is 4.76. The first kappa shape index (κ1) is 15.1. The summed E-state index contributed by atoms with van der Waals surface area (Å²) < 4.78 is 0. The second-order valence-corrected chi connectivity index (χ2v) is 5.87. The van der Waals surface area contributed by atoms with Crippen LogP contribution in [0.5, 0.6) is 0 Å². The fraction of sp³-hybridized carbons (Fsp3) is 0.308. The van der Waals surface area contributed by atoms with Crippen molar-refractivity contribution in [2.75, 3.05) is 18.8 Å². The lowest BCUT2D eigenvalue weighted by Crippen LogP contribution is -2.24. The van der Waals surface area contributed by atoms with Gasteiger partial charge in [-0.05, 0) is 23.5 Å². The third-order valence-corrected chi connectivity index (χ3v) is 4.25. The van der Waals surface area contributed by atoms with Crippen molar-refractivity contribution in [2.24, 2.45) is 4.99 Å². The lowest BCUT2D eigenvalue weighted by Gasteiger charge is -2.15. The number of halogens is 1. The normalized spacial score (nSPS) is 17.3. The van der Waals surface area contributed by atoms with E-state index in [1.165, 1.54) is 6.07 Å². The Morgan fingerprint density at radius 2 is 2.40 bits per heavy atom.